The van der Waals surface area contributed by atoms with Gasteiger partial charge >= 0.3 is 0 Å². The maximum Gasteiger partial charge on any atom is 0.191 e. The maximum absolute atomic E-state index is 12.1. The summed E-state index contributed by atoms with van der Waals surface area (Å²) in [6, 6.07) is 22.5. The zero-order valence-corrected chi connectivity index (χ0v) is 21.6. The summed E-state index contributed by atoms with van der Waals surface area (Å²) in [7, 11) is 0. The van der Waals surface area contributed by atoms with Crippen LogP contribution in [0.2, 0.25) is 0 Å². The van der Waals surface area contributed by atoms with Crippen LogP contribution in [0, 0.1) is 11.8 Å². The van der Waals surface area contributed by atoms with Crippen molar-refractivity contribution in [2.75, 3.05) is 13.1 Å². The summed E-state index contributed by atoms with van der Waals surface area (Å²) in [6.45, 7) is 5.77. The summed E-state index contributed by atoms with van der Waals surface area (Å²) >= 11 is 0. The highest BCUT2D eigenvalue weighted by Crippen LogP contribution is 2.43. The Kier molecular flexibility index (Phi) is 8.20. The molecule has 5 nitrogen and oxygen atoms in total. The summed E-state index contributed by atoms with van der Waals surface area (Å²) in [5.41, 5.74) is 1.70. The van der Waals surface area contributed by atoms with E-state index in [1.807, 2.05) is 42.5 Å². The zero-order valence-electron chi connectivity index (χ0n) is 21.6. The Labute approximate surface area is 215 Å². The normalized spacial score (nSPS) is 24.9. The summed E-state index contributed by atoms with van der Waals surface area (Å²) in [5, 5.41) is 16.6. The van der Waals surface area contributed by atoms with Gasteiger partial charge in [-0.3, -0.25) is 0 Å². The fourth-order valence-corrected chi connectivity index (χ4v) is 6.36. The van der Waals surface area contributed by atoms with Crippen molar-refractivity contribution in [3.63, 3.8) is 0 Å². The maximum atomic E-state index is 12.1. The van der Waals surface area contributed by atoms with Gasteiger partial charge in [0.2, 0.25) is 0 Å². The highest BCUT2D eigenvalue weighted by atomic mass is 16.5. The number of ether oxygens (including phenoxy) is 1. The second-order valence-electron chi connectivity index (χ2n) is 10.8. The molecule has 1 aliphatic heterocycles. The molecule has 2 fully saturated rings. The SMILES string of the molecule is CCC1CC[NH+](Cc2cc(C(O)(c3ccccc3)C3CCCCC3)no2)CC1OCc1ccccc1. The molecule has 2 aliphatic rings. The molecule has 2 aromatic carbocycles. The van der Waals surface area contributed by atoms with E-state index in [9.17, 15) is 5.11 Å². The number of piperidine rings is 1. The molecule has 1 saturated heterocycles. The third-order valence-corrected chi connectivity index (χ3v) is 8.50. The van der Waals surface area contributed by atoms with E-state index in [1.54, 1.807) is 0 Å². The molecular formula is C31H41N2O3+. The van der Waals surface area contributed by atoms with Crippen molar-refractivity contribution in [1.29, 1.82) is 0 Å². The lowest BCUT2D eigenvalue weighted by atomic mass is 9.71. The van der Waals surface area contributed by atoms with Gasteiger partial charge in [-0.1, -0.05) is 98.4 Å². The van der Waals surface area contributed by atoms with E-state index in [0.29, 0.717) is 18.2 Å². The van der Waals surface area contributed by atoms with Crippen LogP contribution in [-0.2, 0) is 23.5 Å². The topological polar surface area (TPSA) is 59.9 Å². The number of likely N-dealkylation sites (tertiary alicyclic amines) is 1. The minimum atomic E-state index is -1.10. The van der Waals surface area contributed by atoms with Gasteiger partial charge in [-0.05, 0) is 35.8 Å². The van der Waals surface area contributed by atoms with Gasteiger partial charge in [-0.2, -0.15) is 0 Å². The predicted octanol–water partition coefficient (Wildman–Crippen LogP) is 4.89. The van der Waals surface area contributed by atoms with Crippen LogP contribution in [-0.4, -0.2) is 29.5 Å². The van der Waals surface area contributed by atoms with Gasteiger partial charge in [-0.15, -0.1) is 0 Å². The Morgan fingerprint density at radius 2 is 1.72 bits per heavy atom. The molecule has 1 aliphatic carbocycles. The van der Waals surface area contributed by atoms with Gasteiger partial charge in [0.15, 0.2) is 5.76 Å². The van der Waals surface area contributed by atoms with Gasteiger partial charge < -0.3 is 19.3 Å². The molecule has 1 saturated carbocycles. The van der Waals surface area contributed by atoms with Crippen LogP contribution >= 0.6 is 0 Å². The summed E-state index contributed by atoms with van der Waals surface area (Å²) in [5.74, 6) is 1.61. The van der Waals surface area contributed by atoms with Gasteiger partial charge in [0.25, 0.3) is 0 Å². The molecular weight excluding hydrogens is 448 g/mol. The fourth-order valence-electron chi connectivity index (χ4n) is 6.36. The lowest BCUT2D eigenvalue weighted by Gasteiger charge is -2.37. The number of aliphatic hydroxyl groups is 1. The quantitative estimate of drug-likeness (QED) is 0.449. The molecule has 5 heteroatoms. The first-order valence-electron chi connectivity index (χ1n) is 13.9. The first-order chi connectivity index (χ1) is 17.7. The molecule has 3 aromatic rings. The van der Waals surface area contributed by atoms with Crippen LogP contribution in [0.15, 0.2) is 71.3 Å². The van der Waals surface area contributed by atoms with Crippen LogP contribution < -0.4 is 4.90 Å². The smallest absolute Gasteiger partial charge is 0.191 e. The Balaban J connectivity index is 1.29. The lowest BCUT2D eigenvalue weighted by Crippen LogP contribution is -3.13. The minimum Gasteiger partial charge on any atom is -0.378 e. The molecule has 1 aromatic heterocycles. The van der Waals surface area contributed by atoms with Crippen LogP contribution in [0.4, 0.5) is 0 Å². The van der Waals surface area contributed by atoms with E-state index < -0.39 is 5.60 Å². The number of aromatic nitrogens is 1. The van der Waals surface area contributed by atoms with Crippen molar-refractivity contribution < 1.29 is 19.3 Å². The molecule has 2 N–H and O–H groups in total. The van der Waals surface area contributed by atoms with Crippen LogP contribution in [0.3, 0.4) is 0 Å². The van der Waals surface area contributed by atoms with Crippen molar-refractivity contribution >= 4 is 0 Å². The highest BCUT2D eigenvalue weighted by Gasteiger charge is 2.43. The van der Waals surface area contributed by atoms with E-state index in [2.05, 4.69) is 36.3 Å². The van der Waals surface area contributed by atoms with E-state index in [1.165, 1.54) is 16.9 Å². The van der Waals surface area contributed by atoms with Gasteiger partial charge in [-0.25, -0.2) is 0 Å². The predicted molar refractivity (Wildman–Crippen MR) is 140 cm³/mol. The van der Waals surface area contributed by atoms with E-state index in [4.69, 9.17) is 9.26 Å². The van der Waals surface area contributed by atoms with E-state index in [0.717, 1.165) is 69.5 Å². The first-order valence-corrected chi connectivity index (χ1v) is 13.9. The number of nitrogens with zero attached hydrogens (tertiary/aromatic N) is 1. The van der Waals surface area contributed by atoms with Crippen LogP contribution in [0.25, 0.3) is 0 Å². The van der Waals surface area contributed by atoms with Crippen molar-refractivity contribution in [3.8, 4) is 0 Å². The highest BCUT2D eigenvalue weighted by molar-refractivity contribution is 5.33. The number of hydrogen-bond acceptors (Lipinski definition) is 4. The third kappa shape index (κ3) is 5.59. The Morgan fingerprint density at radius 1 is 1.00 bits per heavy atom. The second-order valence-corrected chi connectivity index (χ2v) is 10.8. The average molecular weight is 490 g/mol. The molecule has 192 valence electrons. The molecule has 2 heterocycles. The van der Waals surface area contributed by atoms with Crippen molar-refractivity contribution in [1.82, 2.24) is 5.16 Å². The Morgan fingerprint density at radius 3 is 2.44 bits per heavy atom. The van der Waals surface area contributed by atoms with Crippen LogP contribution in [0.5, 0.6) is 0 Å². The number of benzene rings is 2. The van der Waals surface area contributed by atoms with Crippen molar-refractivity contribution in [3.05, 3.63) is 89.3 Å². The first kappa shape index (κ1) is 25.2. The van der Waals surface area contributed by atoms with Gasteiger partial charge in [0, 0.05) is 12.5 Å². The summed E-state index contributed by atoms with van der Waals surface area (Å²) in [4.78, 5) is 1.46. The van der Waals surface area contributed by atoms with E-state index in [-0.39, 0.29) is 12.0 Å². The molecule has 0 spiro atoms. The van der Waals surface area contributed by atoms with Crippen molar-refractivity contribution in [2.24, 2.45) is 11.8 Å². The molecule has 5 rings (SSSR count). The molecule has 0 radical (unpaired) electrons. The molecule has 0 bridgehead atoms. The summed E-state index contributed by atoms with van der Waals surface area (Å²) < 4.78 is 12.3. The van der Waals surface area contributed by atoms with Crippen LogP contribution in [0.1, 0.15) is 74.5 Å². The fraction of sp³-hybridized carbons (Fsp3) is 0.516. The Hall–Kier alpha value is -2.47. The number of nitrogens with one attached hydrogen (secondary N) is 1. The monoisotopic (exact) mass is 489 g/mol. The largest absolute Gasteiger partial charge is 0.378 e. The molecule has 36 heavy (non-hydrogen) atoms. The second kappa shape index (κ2) is 11.7. The Bertz CT molecular complexity index is 1060. The standard InChI is InChI=1S/C31H40N2O3/c1-2-25-18-19-33(22-29(25)35-23-24-12-6-3-7-13-24)21-28-20-30(32-36-28)31(34,26-14-8-4-9-15-26)27-16-10-5-11-17-27/h3-4,6-9,12-15,20,25,27,29,34H,2,5,10-11,16-19,21-23H2,1H3/p+1. The number of quaternary nitrogens is 1. The molecule has 4 unspecified atom stereocenters. The average Bonchev–Trinajstić information content (AvgIpc) is 3.42. The number of hydrogen-bond donors (Lipinski definition) is 2. The van der Waals surface area contributed by atoms with Crippen molar-refractivity contribution in [2.45, 2.75) is 76.7 Å². The van der Waals surface area contributed by atoms with E-state index >= 15 is 0 Å². The number of rotatable bonds is 9. The lowest BCUT2D eigenvalue weighted by molar-refractivity contribution is -0.924. The molecule has 0 amide bonds. The summed E-state index contributed by atoms with van der Waals surface area (Å²) in [6.07, 6.45) is 8.14. The third-order valence-electron chi connectivity index (χ3n) is 8.50. The zero-order chi connectivity index (χ0) is 24.8. The van der Waals surface area contributed by atoms with Gasteiger partial charge in [0.1, 0.15) is 30.5 Å². The van der Waals surface area contributed by atoms with Gasteiger partial charge in [0.05, 0.1) is 13.2 Å². The minimum absolute atomic E-state index is 0.162. The molecule has 4 atom stereocenters.